The predicted octanol–water partition coefficient (Wildman–Crippen LogP) is 3.35. The Morgan fingerprint density at radius 1 is 1.20 bits per heavy atom. The van der Waals surface area contributed by atoms with Crippen molar-refractivity contribution in [2.75, 3.05) is 17.7 Å². The highest BCUT2D eigenvalue weighted by Crippen LogP contribution is 2.23. The molecule has 0 saturated heterocycles. The van der Waals surface area contributed by atoms with Crippen LogP contribution in [0.25, 0.3) is 11.1 Å². The maximum atomic E-state index is 5.90. The summed E-state index contributed by atoms with van der Waals surface area (Å²) in [4.78, 5) is 6.57. The van der Waals surface area contributed by atoms with Gasteiger partial charge < -0.3 is 15.1 Å². The summed E-state index contributed by atoms with van der Waals surface area (Å²) in [5.41, 5.74) is 10.4. The van der Waals surface area contributed by atoms with Gasteiger partial charge in [0.2, 0.25) is 5.89 Å². The Morgan fingerprint density at radius 3 is 2.75 bits per heavy atom. The van der Waals surface area contributed by atoms with Crippen LogP contribution in [0.15, 0.2) is 46.9 Å². The quantitative estimate of drug-likeness (QED) is 0.739. The van der Waals surface area contributed by atoms with Gasteiger partial charge in [0, 0.05) is 12.7 Å². The molecule has 1 heterocycles. The van der Waals surface area contributed by atoms with Gasteiger partial charge in [-0.05, 0) is 36.8 Å². The fourth-order valence-electron chi connectivity index (χ4n) is 2.24. The van der Waals surface area contributed by atoms with E-state index in [-0.39, 0.29) is 0 Å². The Bertz CT molecular complexity index is 748. The van der Waals surface area contributed by atoms with Crippen LogP contribution in [-0.2, 0) is 6.54 Å². The zero-order valence-corrected chi connectivity index (χ0v) is 11.6. The number of benzene rings is 2. The van der Waals surface area contributed by atoms with E-state index in [9.17, 15) is 0 Å². The Balaban J connectivity index is 1.87. The minimum Gasteiger partial charge on any atom is -0.439 e. The van der Waals surface area contributed by atoms with Gasteiger partial charge in [0.1, 0.15) is 5.52 Å². The van der Waals surface area contributed by atoms with E-state index < -0.39 is 0 Å². The van der Waals surface area contributed by atoms with Crippen molar-refractivity contribution in [3.8, 4) is 0 Å². The number of hydrogen-bond acceptors (Lipinski definition) is 4. The molecule has 102 valence electrons. The van der Waals surface area contributed by atoms with E-state index >= 15 is 0 Å². The first kappa shape index (κ1) is 12.5. The highest BCUT2D eigenvalue weighted by atomic mass is 16.3. The summed E-state index contributed by atoms with van der Waals surface area (Å²) in [6, 6.07) is 13.9. The van der Waals surface area contributed by atoms with Crippen molar-refractivity contribution in [3.05, 3.63) is 53.9 Å². The van der Waals surface area contributed by atoms with Gasteiger partial charge in [-0.25, -0.2) is 4.98 Å². The van der Waals surface area contributed by atoms with Crippen LogP contribution in [0.2, 0.25) is 0 Å². The van der Waals surface area contributed by atoms with E-state index in [4.69, 9.17) is 10.2 Å². The van der Waals surface area contributed by atoms with Gasteiger partial charge in [0.05, 0.1) is 12.2 Å². The van der Waals surface area contributed by atoms with Crippen molar-refractivity contribution in [2.24, 2.45) is 0 Å². The molecule has 0 unspecified atom stereocenters. The second-order valence-corrected chi connectivity index (χ2v) is 5.00. The number of anilines is 2. The molecule has 4 nitrogen and oxygen atoms in total. The minimum atomic E-state index is 0.609. The van der Waals surface area contributed by atoms with Crippen molar-refractivity contribution < 1.29 is 4.42 Å². The topological polar surface area (TPSA) is 55.3 Å². The zero-order chi connectivity index (χ0) is 14.1. The Hall–Kier alpha value is -2.49. The van der Waals surface area contributed by atoms with Crippen LogP contribution < -0.4 is 10.6 Å². The standard InChI is InChI=1S/C16H17N3O/c1-11-5-3-6-12(9-11)19(2)10-15-18-16-13(17)7-4-8-14(16)20-15/h3-9H,10,17H2,1-2H3. The number of oxazole rings is 1. The smallest absolute Gasteiger partial charge is 0.215 e. The van der Waals surface area contributed by atoms with Gasteiger partial charge in [0.15, 0.2) is 5.58 Å². The molecule has 0 aliphatic rings. The van der Waals surface area contributed by atoms with E-state index in [0.29, 0.717) is 18.1 Å². The first-order chi connectivity index (χ1) is 9.63. The molecule has 0 radical (unpaired) electrons. The van der Waals surface area contributed by atoms with E-state index in [2.05, 4.69) is 35.0 Å². The number of aromatic nitrogens is 1. The number of para-hydroxylation sites is 1. The Kier molecular flexibility index (Phi) is 3.06. The number of nitrogen functional groups attached to an aromatic ring is 1. The van der Waals surface area contributed by atoms with Crippen LogP contribution in [0.4, 0.5) is 11.4 Å². The highest BCUT2D eigenvalue weighted by Gasteiger charge is 2.10. The Labute approximate surface area is 117 Å². The molecule has 3 aromatic rings. The van der Waals surface area contributed by atoms with Crippen LogP contribution in [0.1, 0.15) is 11.5 Å². The number of fused-ring (bicyclic) bond motifs is 1. The molecule has 0 bridgehead atoms. The van der Waals surface area contributed by atoms with Gasteiger partial charge in [-0.1, -0.05) is 18.2 Å². The average Bonchev–Trinajstić information content (AvgIpc) is 2.83. The molecule has 20 heavy (non-hydrogen) atoms. The average molecular weight is 267 g/mol. The minimum absolute atomic E-state index is 0.609. The molecular formula is C16H17N3O. The number of hydrogen-bond donors (Lipinski definition) is 1. The third kappa shape index (κ3) is 2.32. The Morgan fingerprint density at radius 2 is 2.00 bits per heavy atom. The van der Waals surface area contributed by atoms with Crippen LogP contribution in [0.5, 0.6) is 0 Å². The summed E-state index contributed by atoms with van der Waals surface area (Å²) in [6.45, 7) is 2.69. The molecule has 0 atom stereocenters. The van der Waals surface area contributed by atoms with Crippen molar-refractivity contribution in [2.45, 2.75) is 13.5 Å². The third-order valence-electron chi connectivity index (χ3n) is 3.31. The molecule has 0 amide bonds. The van der Waals surface area contributed by atoms with E-state index in [0.717, 1.165) is 16.8 Å². The van der Waals surface area contributed by atoms with Gasteiger partial charge in [-0.15, -0.1) is 0 Å². The van der Waals surface area contributed by atoms with E-state index in [1.807, 2.05) is 31.3 Å². The van der Waals surface area contributed by atoms with Gasteiger partial charge >= 0.3 is 0 Å². The summed E-state index contributed by atoms with van der Waals surface area (Å²) in [5.74, 6) is 0.668. The number of nitrogens with zero attached hydrogens (tertiary/aromatic N) is 2. The van der Waals surface area contributed by atoms with Crippen molar-refractivity contribution in [1.82, 2.24) is 4.98 Å². The summed E-state index contributed by atoms with van der Waals surface area (Å²) >= 11 is 0. The number of nitrogens with two attached hydrogens (primary N) is 1. The van der Waals surface area contributed by atoms with Crippen molar-refractivity contribution >= 4 is 22.5 Å². The van der Waals surface area contributed by atoms with Gasteiger partial charge in [-0.3, -0.25) is 0 Å². The lowest BCUT2D eigenvalue weighted by Crippen LogP contribution is -2.16. The van der Waals surface area contributed by atoms with Crippen molar-refractivity contribution in [1.29, 1.82) is 0 Å². The first-order valence-electron chi connectivity index (χ1n) is 6.55. The second kappa shape index (κ2) is 4.89. The van der Waals surface area contributed by atoms with Crippen molar-refractivity contribution in [3.63, 3.8) is 0 Å². The number of rotatable bonds is 3. The summed E-state index contributed by atoms with van der Waals surface area (Å²) in [5, 5.41) is 0. The van der Waals surface area contributed by atoms with Gasteiger partial charge in [-0.2, -0.15) is 0 Å². The summed E-state index contributed by atoms with van der Waals surface area (Å²) < 4.78 is 5.74. The summed E-state index contributed by atoms with van der Waals surface area (Å²) in [7, 11) is 2.02. The molecular weight excluding hydrogens is 250 g/mol. The molecule has 4 heteroatoms. The SMILES string of the molecule is Cc1cccc(N(C)Cc2nc3c(N)cccc3o2)c1. The highest BCUT2D eigenvalue weighted by molar-refractivity contribution is 5.85. The predicted molar refractivity (Wildman–Crippen MR) is 81.7 cm³/mol. The summed E-state index contributed by atoms with van der Waals surface area (Å²) in [6.07, 6.45) is 0. The number of aryl methyl sites for hydroxylation is 1. The fourth-order valence-corrected chi connectivity index (χ4v) is 2.24. The molecule has 0 spiro atoms. The maximum absolute atomic E-state index is 5.90. The monoisotopic (exact) mass is 267 g/mol. The molecule has 2 N–H and O–H groups in total. The third-order valence-corrected chi connectivity index (χ3v) is 3.31. The van der Waals surface area contributed by atoms with Crippen LogP contribution in [-0.4, -0.2) is 12.0 Å². The molecule has 2 aromatic carbocycles. The van der Waals surface area contributed by atoms with E-state index in [1.165, 1.54) is 5.56 Å². The maximum Gasteiger partial charge on any atom is 0.215 e. The molecule has 1 aromatic heterocycles. The molecule has 0 aliphatic heterocycles. The lowest BCUT2D eigenvalue weighted by Gasteiger charge is -2.17. The molecule has 3 rings (SSSR count). The van der Waals surface area contributed by atoms with E-state index in [1.54, 1.807) is 0 Å². The first-order valence-corrected chi connectivity index (χ1v) is 6.55. The fraction of sp³-hybridized carbons (Fsp3) is 0.188. The van der Waals surface area contributed by atoms with Gasteiger partial charge in [0.25, 0.3) is 0 Å². The van der Waals surface area contributed by atoms with Crippen LogP contribution in [0.3, 0.4) is 0 Å². The molecule has 0 fully saturated rings. The molecule has 0 aliphatic carbocycles. The normalized spacial score (nSPS) is 10.9. The van der Waals surface area contributed by atoms with Crippen LogP contribution in [0, 0.1) is 6.92 Å². The molecule has 0 saturated carbocycles. The lowest BCUT2D eigenvalue weighted by molar-refractivity contribution is 0.527. The zero-order valence-electron chi connectivity index (χ0n) is 11.6. The van der Waals surface area contributed by atoms with Crippen LogP contribution >= 0.6 is 0 Å². The largest absolute Gasteiger partial charge is 0.439 e. The lowest BCUT2D eigenvalue weighted by atomic mass is 10.2. The second-order valence-electron chi connectivity index (χ2n) is 5.00.